The molecule has 0 heterocycles. The van der Waals surface area contributed by atoms with Crippen molar-refractivity contribution in [1.82, 2.24) is 10.6 Å². The summed E-state index contributed by atoms with van der Waals surface area (Å²) in [5, 5.41) is 5.76. The molecule has 2 aromatic rings. The van der Waals surface area contributed by atoms with Crippen LogP contribution in [-0.2, 0) is 12.8 Å². The van der Waals surface area contributed by atoms with Crippen LogP contribution >= 0.6 is 0 Å². The molecule has 0 unspecified atom stereocenters. The van der Waals surface area contributed by atoms with Crippen molar-refractivity contribution < 1.29 is 19.0 Å². The molecule has 6 heteroatoms. The molecule has 0 bridgehead atoms. The molecule has 0 saturated carbocycles. The van der Waals surface area contributed by atoms with Crippen molar-refractivity contribution in [1.29, 1.82) is 0 Å². The Labute approximate surface area is 167 Å². The van der Waals surface area contributed by atoms with Gasteiger partial charge in [0.1, 0.15) is 5.75 Å². The molecule has 0 aromatic heterocycles. The predicted octanol–water partition coefficient (Wildman–Crippen LogP) is 3.58. The molecule has 2 aromatic carbocycles. The maximum Gasteiger partial charge on any atom is 0.314 e. The first-order valence-corrected chi connectivity index (χ1v) is 9.69. The van der Waals surface area contributed by atoms with Gasteiger partial charge in [0.2, 0.25) is 0 Å². The largest absolute Gasteiger partial charge is 0.497 e. The van der Waals surface area contributed by atoms with Gasteiger partial charge in [-0.2, -0.15) is 0 Å². The second-order valence-electron chi connectivity index (χ2n) is 6.18. The van der Waals surface area contributed by atoms with E-state index in [1.54, 1.807) is 7.11 Å². The van der Waals surface area contributed by atoms with Crippen molar-refractivity contribution in [3.05, 3.63) is 53.6 Å². The Hall–Kier alpha value is -2.89. The molecule has 0 aliphatic rings. The Morgan fingerprint density at radius 1 is 0.857 bits per heavy atom. The quantitative estimate of drug-likeness (QED) is 0.619. The van der Waals surface area contributed by atoms with Crippen molar-refractivity contribution in [3.63, 3.8) is 0 Å². The average Bonchev–Trinajstić information content (AvgIpc) is 2.70. The van der Waals surface area contributed by atoms with E-state index in [0.29, 0.717) is 26.3 Å². The van der Waals surface area contributed by atoms with E-state index in [1.807, 2.05) is 56.3 Å². The van der Waals surface area contributed by atoms with Crippen molar-refractivity contribution in [3.8, 4) is 17.2 Å². The van der Waals surface area contributed by atoms with Gasteiger partial charge in [-0.25, -0.2) is 4.79 Å². The lowest BCUT2D eigenvalue weighted by atomic mass is 10.1. The number of ether oxygens (including phenoxy) is 3. The molecule has 0 fully saturated rings. The monoisotopic (exact) mass is 386 g/mol. The zero-order chi connectivity index (χ0) is 20.2. The van der Waals surface area contributed by atoms with Gasteiger partial charge >= 0.3 is 6.03 Å². The first kappa shape index (κ1) is 21.4. The van der Waals surface area contributed by atoms with Crippen molar-refractivity contribution in [2.75, 3.05) is 33.4 Å². The van der Waals surface area contributed by atoms with E-state index in [4.69, 9.17) is 14.2 Å². The molecule has 0 radical (unpaired) electrons. The Bertz CT molecular complexity index is 749. The SMILES string of the molecule is CCOc1ccc(CCNC(=O)NCCc2cccc(OC)c2)cc1OCC. The highest BCUT2D eigenvalue weighted by Crippen LogP contribution is 2.28. The van der Waals surface area contributed by atoms with Crippen molar-refractivity contribution >= 4 is 6.03 Å². The highest BCUT2D eigenvalue weighted by Gasteiger charge is 2.07. The van der Waals surface area contributed by atoms with E-state index in [9.17, 15) is 4.79 Å². The fourth-order valence-electron chi connectivity index (χ4n) is 2.78. The summed E-state index contributed by atoms with van der Waals surface area (Å²) in [5.41, 5.74) is 2.21. The van der Waals surface area contributed by atoms with Crippen LogP contribution in [0.15, 0.2) is 42.5 Å². The maximum atomic E-state index is 12.0. The lowest BCUT2D eigenvalue weighted by molar-refractivity contribution is 0.241. The predicted molar refractivity (Wildman–Crippen MR) is 111 cm³/mol. The van der Waals surface area contributed by atoms with E-state index < -0.39 is 0 Å². The third-order valence-corrected chi connectivity index (χ3v) is 4.14. The van der Waals surface area contributed by atoms with Crippen LogP contribution in [0, 0.1) is 0 Å². The summed E-state index contributed by atoms with van der Waals surface area (Å²) < 4.78 is 16.4. The van der Waals surface area contributed by atoms with Crippen LogP contribution in [0.4, 0.5) is 4.79 Å². The number of hydrogen-bond donors (Lipinski definition) is 2. The zero-order valence-corrected chi connectivity index (χ0v) is 16.9. The fourth-order valence-corrected chi connectivity index (χ4v) is 2.78. The number of carbonyl (C=O) groups is 1. The van der Waals surface area contributed by atoms with Gasteiger partial charge in [0, 0.05) is 13.1 Å². The lowest BCUT2D eigenvalue weighted by Crippen LogP contribution is -2.37. The number of nitrogens with one attached hydrogen (secondary N) is 2. The smallest absolute Gasteiger partial charge is 0.314 e. The van der Waals surface area contributed by atoms with Gasteiger partial charge in [-0.1, -0.05) is 18.2 Å². The second-order valence-corrected chi connectivity index (χ2v) is 6.18. The van der Waals surface area contributed by atoms with Crippen LogP contribution in [0.1, 0.15) is 25.0 Å². The summed E-state index contributed by atoms with van der Waals surface area (Å²) >= 11 is 0. The molecule has 2 rings (SSSR count). The number of methoxy groups -OCH3 is 1. The Morgan fingerprint density at radius 2 is 1.50 bits per heavy atom. The van der Waals surface area contributed by atoms with Gasteiger partial charge in [0.05, 0.1) is 20.3 Å². The molecule has 6 nitrogen and oxygen atoms in total. The van der Waals surface area contributed by atoms with Gasteiger partial charge in [-0.05, 0) is 62.1 Å². The second kappa shape index (κ2) is 11.7. The molecule has 2 amide bonds. The van der Waals surface area contributed by atoms with Crippen LogP contribution in [0.5, 0.6) is 17.2 Å². The molecule has 0 spiro atoms. The van der Waals surface area contributed by atoms with Gasteiger partial charge in [-0.3, -0.25) is 0 Å². The lowest BCUT2D eigenvalue weighted by Gasteiger charge is -2.13. The van der Waals surface area contributed by atoms with Crippen LogP contribution < -0.4 is 24.8 Å². The highest BCUT2D eigenvalue weighted by molar-refractivity contribution is 5.73. The minimum Gasteiger partial charge on any atom is -0.497 e. The molecule has 0 saturated heterocycles. The Balaban J connectivity index is 1.73. The normalized spacial score (nSPS) is 10.2. The van der Waals surface area contributed by atoms with Gasteiger partial charge < -0.3 is 24.8 Å². The highest BCUT2D eigenvalue weighted by atomic mass is 16.5. The number of amides is 2. The van der Waals surface area contributed by atoms with Gasteiger partial charge in [0.25, 0.3) is 0 Å². The first-order valence-electron chi connectivity index (χ1n) is 9.69. The van der Waals surface area contributed by atoms with Crippen LogP contribution in [0.2, 0.25) is 0 Å². The molecule has 2 N–H and O–H groups in total. The van der Waals surface area contributed by atoms with E-state index >= 15 is 0 Å². The fraction of sp³-hybridized carbons (Fsp3) is 0.409. The summed E-state index contributed by atoms with van der Waals surface area (Å²) in [5.74, 6) is 2.31. The van der Waals surface area contributed by atoms with E-state index in [2.05, 4.69) is 10.6 Å². The van der Waals surface area contributed by atoms with Crippen molar-refractivity contribution in [2.45, 2.75) is 26.7 Å². The summed E-state index contributed by atoms with van der Waals surface area (Å²) in [6.07, 6.45) is 1.47. The van der Waals surface area contributed by atoms with Crippen LogP contribution in [-0.4, -0.2) is 39.4 Å². The number of urea groups is 1. The standard InChI is InChI=1S/C22H30N2O4/c1-4-27-20-10-9-18(16-21(20)28-5-2)12-14-24-22(25)23-13-11-17-7-6-8-19(15-17)26-3/h6-10,15-16H,4-5,11-14H2,1-3H3,(H2,23,24,25). The summed E-state index contributed by atoms with van der Waals surface area (Å²) in [6.45, 7) is 6.18. The van der Waals surface area contributed by atoms with E-state index in [0.717, 1.165) is 41.2 Å². The van der Waals surface area contributed by atoms with Gasteiger partial charge in [-0.15, -0.1) is 0 Å². The average molecular weight is 386 g/mol. The van der Waals surface area contributed by atoms with Crippen LogP contribution in [0.3, 0.4) is 0 Å². The molecular formula is C22H30N2O4. The summed E-state index contributed by atoms with van der Waals surface area (Å²) in [6, 6.07) is 13.6. The van der Waals surface area contributed by atoms with E-state index in [1.165, 1.54) is 0 Å². The molecule has 0 aliphatic carbocycles. The molecule has 0 aliphatic heterocycles. The van der Waals surface area contributed by atoms with E-state index in [-0.39, 0.29) is 6.03 Å². The third kappa shape index (κ3) is 7.02. The third-order valence-electron chi connectivity index (χ3n) is 4.14. The van der Waals surface area contributed by atoms with Crippen molar-refractivity contribution in [2.24, 2.45) is 0 Å². The Morgan fingerprint density at radius 3 is 2.14 bits per heavy atom. The number of carbonyl (C=O) groups excluding carboxylic acids is 1. The Kier molecular flexibility index (Phi) is 8.98. The minimum atomic E-state index is -0.168. The molecule has 152 valence electrons. The van der Waals surface area contributed by atoms with Gasteiger partial charge in [0.15, 0.2) is 11.5 Å². The zero-order valence-electron chi connectivity index (χ0n) is 16.9. The molecular weight excluding hydrogens is 356 g/mol. The molecule has 0 atom stereocenters. The minimum absolute atomic E-state index is 0.168. The topological polar surface area (TPSA) is 68.8 Å². The summed E-state index contributed by atoms with van der Waals surface area (Å²) in [4.78, 5) is 12.0. The summed E-state index contributed by atoms with van der Waals surface area (Å²) in [7, 11) is 1.65. The number of benzene rings is 2. The number of hydrogen-bond acceptors (Lipinski definition) is 4. The maximum absolute atomic E-state index is 12.0. The van der Waals surface area contributed by atoms with Crippen LogP contribution in [0.25, 0.3) is 0 Å². The number of rotatable bonds is 11. The first-order chi connectivity index (χ1) is 13.7. The molecule has 28 heavy (non-hydrogen) atoms.